The molecule has 0 saturated carbocycles. The Hall–Kier alpha value is 0.200. The third-order valence-electron chi connectivity index (χ3n) is 6.42. The molecule has 36 heavy (non-hydrogen) atoms. The number of rotatable bonds is 30. The van der Waals surface area contributed by atoms with Crippen LogP contribution in [0.15, 0.2) is 0 Å². The molecule has 0 amide bonds. The maximum Gasteiger partial charge on any atom is 0.178 e. The Morgan fingerprint density at radius 2 is 0.667 bits per heavy atom. The number of hydrogen-bond donors (Lipinski definition) is 3. The number of aliphatic hydroxyl groups excluding tert-OH is 3. The van der Waals surface area contributed by atoms with Gasteiger partial charge in [-0.1, -0.05) is 122 Å². The van der Waals surface area contributed by atoms with Crippen molar-refractivity contribution in [2.45, 2.75) is 135 Å². The predicted molar refractivity (Wildman–Crippen MR) is 142 cm³/mol. The van der Waals surface area contributed by atoms with Crippen LogP contribution in [0.4, 0.5) is 0 Å². The molecule has 8 heteroatoms. The molecule has 7 nitrogen and oxygen atoms in total. The van der Waals surface area contributed by atoms with Gasteiger partial charge in [0.2, 0.25) is 0 Å². The largest absolute Gasteiger partial charge is 1.00 e. The van der Waals surface area contributed by atoms with E-state index in [-0.39, 0.29) is 56.6 Å². The Kier molecular flexibility index (Phi) is 33.5. The van der Waals surface area contributed by atoms with Gasteiger partial charge in [0, 0.05) is 6.42 Å². The van der Waals surface area contributed by atoms with Crippen molar-refractivity contribution in [3.05, 3.63) is 0 Å². The van der Waals surface area contributed by atoms with Gasteiger partial charge in [-0.2, -0.15) is 0 Å². The van der Waals surface area contributed by atoms with Crippen LogP contribution in [0.2, 0.25) is 0 Å². The molecule has 0 aromatic heterocycles. The van der Waals surface area contributed by atoms with E-state index >= 15 is 0 Å². The molecule has 3 N–H and O–H groups in total. The van der Waals surface area contributed by atoms with Crippen LogP contribution in [0.5, 0.6) is 0 Å². The molecule has 220 valence electrons. The smallest absolute Gasteiger partial charge is 0.178 e. The molecule has 0 aliphatic rings. The molecule has 0 aromatic carbocycles. The number of unbranched alkanes of at least 4 members (excludes halogenated alkanes) is 19. The summed E-state index contributed by atoms with van der Waals surface area (Å²) in [5.74, 6) is 0. The highest BCUT2D eigenvalue weighted by atomic mass is 79.9. The Balaban J connectivity index is 0. The third kappa shape index (κ3) is 25.8. The van der Waals surface area contributed by atoms with Crippen molar-refractivity contribution >= 4 is 0 Å². The molecule has 0 aromatic rings. The van der Waals surface area contributed by atoms with E-state index in [9.17, 15) is 0 Å². The minimum atomic E-state index is -0.541. The van der Waals surface area contributed by atoms with Gasteiger partial charge < -0.3 is 32.3 Å². The van der Waals surface area contributed by atoms with Crippen LogP contribution in [0.1, 0.15) is 135 Å². The topological polar surface area (TPSA) is 88.4 Å². The van der Waals surface area contributed by atoms with Gasteiger partial charge in [0.25, 0.3) is 0 Å². The van der Waals surface area contributed by atoms with Crippen molar-refractivity contribution in [3.8, 4) is 0 Å². The molecular weight excluding hydrogens is 526 g/mol. The molecule has 0 unspecified atom stereocenters. The molecule has 0 aliphatic heterocycles. The van der Waals surface area contributed by atoms with Gasteiger partial charge in [-0.05, 0) is 6.42 Å². The van der Waals surface area contributed by atoms with Gasteiger partial charge in [0.1, 0.15) is 19.8 Å². The molecule has 0 rings (SSSR count). The maximum absolute atomic E-state index is 9.08. The summed E-state index contributed by atoms with van der Waals surface area (Å²) in [5.41, 5.74) is 0. The number of aliphatic hydroxyl groups is 3. The second-order valence-corrected chi connectivity index (χ2v) is 9.72. The summed E-state index contributed by atoms with van der Waals surface area (Å²) in [6.07, 6.45) is 26.7. The summed E-state index contributed by atoms with van der Waals surface area (Å²) >= 11 is 0. The summed E-state index contributed by atoms with van der Waals surface area (Å²) in [7, 11) is 0. The van der Waals surface area contributed by atoms with Crippen LogP contribution < -0.4 is 17.0 Å². The Bertz CT molecular complexity index is 384. The summed E-state index contributed by atoms with van der Waals surface area (Å²) in [6.45, 7) is 2.49. The minimum Gasteiger partial charge on any atom is -1.00 e. The number of hydroxylamine groups is 3. The van der Waals surface area contributed by atoms with Gasteiger partial charge in [-0.3, -0.25) is 0 Å². The highest BCUT2D eigenvalue weighted by Crippen LogP contribution is 2.17. The van der Waals surface area contributed by atoms with Crippen LogP contribution in [-0.2, 0) is 14.5 Å². The average Bonchev–Trinajstić information content (AvgIpc) is 2.88. The van der Waals surface area contributed by atoms with Gasteiger partial charge in [-0.15, -0.1) is 14.5 Å². The lowest BCUT2D eigenvalue weighted by Gasteiger charge is -2.29. The second-order valence-electron chi connectivity index (χ2n) is 9.72. The van der Waals surface area contributed by atoms with Crippen LogP contribution in [0.25, 0.3) is 0 Å². The van der Waals surface area contributed by atoms with E-state index < -0.39 is 4.97 Å². The molecule has 0 aliphatic carbocycles. The van der Waals surface area contributed by atoms with Gasteiger partial charge in [0.05, 0.1) is 24.8 Å². The monoisotopic (exact) mass is 585 g/mol. The number of halogens is 1. The maximum atomic E-state index is 9.08. The number of hydrogen-bond acceptors (Lipinski definition) is 6. The standard InChI is InChI=1S/C28H60NO6.BrH/c1-2-3-4-5-6-7-8-9-10-11-12-13-14-15-16-17-18-19-20-21-22-29(33-26-23-30,34-27-24-31)35-28-25-32;/h30-32H,2-28H2,1H3;1H/q+1;/p-1. The second kappa shape index (κ2) is 31.4. The van der Waals surface area contributed by atoms with Crippen molar-refractivity contribution in [2.75, 3.05) is 46.2 Å². The van der Waals surface area contributed by atoms with E-state index in [1.165, 1.54) is 116 Å². The number of nitrogens with zero attached hydrogens (tertiary/aromatic N) is 1. The van der Waals surface area contributed by atoms with Crippen LogP contribution in [0.3, 0.4) is 0 Å². The first-order chi connectivity index (χ1) is 17.2. The first kappa shape index (κ1) is 38.3. The molecule has 0 atom stereocenters. The van der Waals surface area contributed by atoms with Gasteiger partial charge >= 0.3 is 0 Å². The molecule has 0 saturated heterocycles. The molecule has 0 bridgehead atoms. The average molecular weight is 587 g/mol. The molecular formula is C28H60BrNO6. The first-order valence-electron chi connectivity index (χ1n) is 14.9. The highest BCUT2D eigenvalue weighted by Gasteiger charge is 2.34. The zero-order valence-corrected chi connectivity index (χ0v) is 25.1. The lowest BCUT2D eigenvalue weighted by Crippen LogP contribution is -3.00. The summed E-state index contributed by atoms with van der Waals surface area (Å²) in [6, 6.07) is 0. The van der Waals surface area contributed by atoms with E-state index in [2.05, 4.69) is 6.92 Å². The zero-order chi connectivity index (χ0) is 25.7. The van der Waals surface area contributed by atoms with Crippen molar-refractivity contribution in [2.24, 2.45) is 0 Å². The minimum absolute atomic E-state index is 0. The predicted octanol–water partition coefficient (Wildman–Crippen LogP) is 3.40. The van der Waals surface area contributed by atoms with Gasteiger partial charge in [0.15, 0.2) is 6.54 Å². The molecule has 0 heterocycles. The van der Waals surface area contributed by atoms with Crippen molar-refractivity contribution in [1.29, 1.82) is 0 Å². The first-order valence-corrected chi connectivity index (χ1v) is 14.9. The SMILES string of the molecule is CCCCCCCCCCCCCCCCCCCCCC[N+](OCCO)(OCCO)OCCO.[Br-]. The van der Waals surface area contributed by atoms with Gasteiger partial charge in [-0.25, -0.2) is 0 Å². The summed E-state index contributed by atoms with van der Waals surface area (Å²) in [4.78, 5) is 16.1. The van der Waals surface area contributed by atoms with Crippen molar-refractivity contribution in [3.63, 3.8) is 0 Å². The summed E-state index contributed by atoms with van der Waals surface area (Å²) in [5, 5.41) is 27.2. The van der Waals surface area contributed by atoms with Crippen LogP contribution >= 0.6 is 0 Å². The van der Waals surface area contributed by atoms with E-state index in [1.54, 1.807) is 0 Å². The lowest BCUT2D eigenvalue weighted by molar-refractivity contribution is -1.37. The van der Waals surface area contributed by atoms with E-state index in [0.717, 1.165) is 12.8 Å². The van der Waals surface area contributed by atoms with Crippen LogP contribution in [0, 0.1) is 0 Å². The lowest BCUT2D eigenvalue weighted by atomic mass is 10.0. The quantitative estimate of drug-likeness (QED) is 0.0680. The highest BCUT2D eigenvalue weighted by molar-refractivity contribution is 4.50. The fourth-order valence-corrected chi connectivity index (χ4v) is 4.41. The molecule has 0 radical (unpaired) electrons. The Morgan fingerprint density at radius 1 is 0.417 bits per heavy atom. The molecule has 0 fully saturated rings. The van der Waals surface area contributed by atoms with Crippen molar-refractivity contribution in [1.82, 2.24) is 0 Å². The van der Waals surface area contributed by atoms with E-state index in [1.807, 2.05) is 0 Å². The zero-order valence-electron chi connectivity index (χ0n) is 23.5. The van der Waals surface area contributed by atoms with Crippen molar-refractivity contribution < 1.29 is 51.8 Å². The Morgan fingerprint density at radius 3 is 0.917 bits per heavy atom. The summed E-state index contributed by atoms with van der Waals surface area (Å²) < 4.78 is 0. The Labute approximate surface area is 233 Å². The fourth-order valence-electron chi connectivity index (χ4n) is 4.41. The molecule has 0 spiro atoms. The normalized spacial score (nSPS) is 11.7. The van der Waals surface area contributed by atoms with Crippen LogP contribution in [-0.4, -0.2) is 66.5 Å². The third-order valence-corrected chi connectivity index (χ3v) is 6.42. The fraction of sp³-hybridized carbons (Fsp3) is 1.00. The van der Waals surface area contributed by atoms with E-state index in [0.29, 0.717) is 6.54 Å². The number of quaternary nitrogens is 1. The van der Waals surface area contributed by atoms with E-state index in [4.69, 9.17) is 29.8 Å².